The molecule has 0 amide bonds. The van der Waals surface area contributed by atoms with Gasteiger partial charge in [0, 0.05) is 30.7 Å². The number of allylic oxidation sites excluding steroid dienone is 1. The molecule has 1 heterocycles. The van der Waals surface area contributed by atoms with Crippen LogP contribution in [0.2, 0.25) is 0 Å². The van der Waals surface area contributed by atoms with E-state index in [9.17, 15) is 4.79 Å². The van der Waals surface area contributed by atoms with E-state index in [4.69, 9.17) is 0 Å². The average molecular weight is 269 g/mol. The zero-order chi connectivity index (χ0) is 14.2. The van der Waals surface area contributed by atoms with Crippen LogP contribution in [0, 0.1) is 0 Å². The first-order valence-electron chi connectivity index (χ1n) is 6.84. The molecule has 0 atom stereocenters. The standard InChI is InChI=1S/C16H19N3O/c1-2-3-9-18-15(14-7-5-4-6-8-14)12-16(20)19-11-10-17-13-19/h4-8,10-13,18H,2-3,9H2,1H3/b15-12-. The van der Waals surface area contributed by atoms with Crippen LogP contribution in [0.1, 0.15) is 30.1 Å². The fraction of sp³-hybridized carbons (Fsp3) is 0.250. The normalized spacial score (nSPS) is 11.3. The highest BCUT2D eigenvalue weighted by atomic mass is 16.1. The molecule has 0 unspecified atom stereocenters. The second-order valence-corrected chi connectivity index (χ2v) is 4.51. The van der Waals surface area contributed by atoms with Crippen LogP contribution < -0.4 is 5.32 Å². The van der Waals surface area contributed by atoms with Gasteiger partial charge in [0.15, 0.2) is 0 Å². The zero-order valence-corrected chi connectivity index (χ0v) is 11.6. The maximum absolute atomic E-state index is 12.1. The van der Waals surface area contributed by atoms with Gasteiger partial charge < -0.3 is 5.32 Å². The van der Waals surface area contributed by atoms with Gasteiger partial charge in [-0.2, -0.15) is 0 Å². The number of carbonyl (C=O) groups is 1. The van der Waals surface area contributed by atoms with Crippen molar-refractivity contribution in [3.8, 4) is 0 Å². The summed E-state index contributed by atoms with van der Waals surface area (Å²) in [5, 5.41) is 3.34. The van der Waals surface area contributed by atoms with E-state index in [0.29, 0.717) is 0 Å². The summed E-state index contributed by atoms with van der Waals surface area (Å²) in [6.45, 7) is 3.00. The Morgan fingerprint density at radius 1 is 1.35 bits per heavy atom. The van der Waals surface area contributed by atoms with Crippen LogP contribution in [0.3, 0.4) is 0 Å². The number of benzene rings is 1. The quantitative estimate of drug-likeness (QED) is 0.648. The lowest BCUT2D eigenvalue weighted by Gasteiger charge is -2.11. The molecule has 0 aliphatic rings. The number of hydrogen-bond donors (Lipinski definition) is 1. The molecule has 0 radical (unpaired) electrons. The number of carbonyl (C=O) groups excluding carboxylic acids is 1. The molecule has 4 nitrogen and oxygen atoms in total. The van der Waals surface area contributed by atoms with Crippen molar-refractivity contribution in [3.63, 3.8) is 0 Å². The summed E-state index contributed by atoms with van der Waals surface area (Å²) in [6.07, 6.45) is 8.56. The summed E-state index contributed by atoms with van der Waals surface area (Å²) in [4.78, 5) is 16.0. The maximum atomic E-state index is 12.1. The van der Waals surface area contributed by atoms with Gasteiger partial charge in [-0.1, -0.05) is 43.7 Å². The molecule has 20 heavy (non-hydrogen) atoms. The molecule has 0 spiro atoms. The average Bonchev–Trinajstić information content (AvgIpc) is 3.01. The van der Waals surface area contributed by atoms with Crippen molar-refractivity contribution in [1.82, 2.24) is 14.9 Å². The van der Waals surface area contributed by atoms with Gasteiger partial charge in [0.05, 0.1) is 0 Å². The number of nitrogens with one attached hydrogen (secondary N) is 1. The molecule has 104 valence electrons. The lowest BCUT2D eigenvalue weighted by Crippen LogP contribution is -2.16. The fourth-order valence-corrected chi connectivity index (χ4v) is 1.84. The molecule has 0 saturated carbocycles. The molecular formula is C16H19N3O. The predicted octanol–water partition coefficient (Wildman–Crippen LogP) is 2.95. The first kappa shape index (κ1) is 14.1. The van der Waals surface area contributed by atoms with Gasteiger partial charge in [-0.15, -0.1) is 0 Å². The number of aromatic nitrogens is 2. The molecule has 2 aromatic rings. The Labute approximate surface area is 119 Å². The highest BCUT2D eigenvalue weighted by molar-refractivity contribution is 5.96. The molecule has 0 aliphatic heterocycles. The third-order valence-corrected chi connectivity index (χ3v) is 2.96. The fourth-order valence-electron chi connectivity index (χ4n) is 1.84. The summed E-state index contributed by atoms with van der Waals surface area (Å²) in [6, 6.07) is 9.88. The van der Waals surface area contributed by atoms with E-state index in [-0.39, 0.29) is 5.91 Å². The molecule has 1 aromatic heterocycles. The minimum Gasteiger partial charge on any atom is -0.384 e. The van der Waals surface area contributed by atoms with Gasteiger partial charge in [-0.25, -0.2) is 4.98 Å². The molecule has 1 aromatic carbocycles. The molecule has 2 rings (SSSR count). The largest absolute Gasteiger partial charge is 0.384 e. The van der Waals surface area contributed by atoms with Crippen LogP contribution >= 0.6 is 0 Å². The number of imidazole rings is 1. The van der Waals surface area contributed by atoms with E-state index in [1.807, 2.05) is 30.3 Å². The summed E-state index contributed by atoms with van der Waals surface area (Å²) in [5.41, 5.74) is 1.86. The summed E-state index contributed by atoms with van der Waals surface area (Å²) in [5.74, 6) is -0.106. The summed E-state index contributed by atoms with van der Waals surface area (Å²) < 4.78 is 1.46. The van der Waals surface area contributed by atoms with Gasteiger partial charge in [-0.05, 0) is 12.0 Å². The molecule has 4 heteroatoms. The van der Waals surface area contributed by atoms with Gasteiger partial charge in [0.2, 0.25) is 0 Å². The van der Waals surface area contributed by atoms with E-state index in [0.717, 1.165) is 30.6 Å². The van der Waals surface area contributed by atoms with Crippen molar-refractivity contribution in [2.75, 3.05) is 6.54 Å². The Morgan fingerprint density at radius 2 is 2.15 bits per heavy atom. The second-order valence-electron chi connectivity index (χ2n) is 4.51. The Kier molecular flexibility index (Phi) is 5.12. The van der Waals surface area contributed by atoms with Gasteiger partial charge >= 0.3 is 0 Å². The molecule has 0 saturated heterocycles. The molecular weight excluding hydrogens is 250 g/mol. The highest BCUT2D eigenvalue weighted by Crippen LogP contribution is 2.11. The van der Waals surface area contributed by atoms with E-state index in [1.165, 1.54) is 10.9 Å². The van der Waals surface area contributed by atoms with E-state index >= 15 is 0 Å². The number of hydrogen-bond acceptors (Lipinski definition) is 3. The van der Waals surface area contributed by atoms with Crippen molar-refractivity contribution >= 4 is 11.6 Å². The third kappa shape index (κ3) is 3.82. The number of nitrogens with zero attached hydrogens (tertiary/aromatic N) is 2. The van der Waals surface area contributed by atoms with Crippen molar-refractivity contribution in [1.29, 1.82) is 0 Å². The summed E-state index contributed by atoms with van der Waals surface area (Å²) >= 11 is 0. The lowest BCUT2D eigenvalue weighted by atomic mass is 10.1. The van der Waals surface area contributed by atoms with Gasteiger partial charge in [0.1, 0.15) is 6.33 Å². The second kappa shape index (κ2) is 7.28. The Balaban J connectivity index is 2.19. The van der Waals surface area contributed by atoms with Crippen LogP contribution in [0.25, 0.3) is 5.70 Å². The van der Waals surface area contributed by atoms with Gasteiger partial charge in [0.25, 0.3) is 5.91 Å². The van der Waals surface area contributed by atoms with Crippen LogP contribution in [-0.4, -0.2) is 22.0 Å². The molecule has 0 fully saturated rings. The Hall–Kier alpha value is -2.36. The van der Waals surface area contributed by atoms with E-state index in [1.54, 1.807) is 18.5 Å². The summed E-state index contributed by atoms with van der Waals surface area (Å²) in [7, 11) is 0. The number of unbranched alkanes of at least 4 members (excludes halogenated alkanes) is 1. The van der Waals surface area contributed by atoms with E-state index in [2.05, 4.69) is 17.2 Å². The Morgan fingerprint density at radius 3 is 2.80 bits per heavy atom. The lowest BCUT2D eigenvalue weighted by molar-refractivity contribution is 0.0969. The van der Waals surface area contributed by atoms with E-state index < -0.39 is 0 Å². The topological polar surface area (TPSA) is 46.9 Å². The minimum absolute atomic E-state index is 0.106. The van der Waals surface area contributed by atoms with Crippen molar-refractivity contribution < 1.29 is 4.79 Å². The number of rotatable bonds is 6. The highest BCUT2D eigenvalue weighted by Gasteiger charge is 2.05. The Bertz CT molecular complexity index is 559. The van der Waals surface area contributed by atoms with Gasteiger partial charge in [-0.3, -0.25) is 9.36 Å². The van der Waals surface area contributed by atoms with Crippen LogP contribution in [0.4, 0.5) is 0 Å². The molecule has 1 N–H and O–H groups in total. The maximum Gasteiger partial charge on any atom is 0.257 e. The van der Waals surface area contributed by atoms with Crippen LogP contribution in [-0.2, 0) is 0 Å². The van der Waals surface area contributed by atoms with Crippen LogP contribution in [0.15, 0.2) is 55.1 Å². The van der Waals surface area contributed by atoms with Crippen LogP contribution in [0.5, 0.6) is 0 Å². The monoisotopic (exact) mass is 269 g/mol. The minimum atomic E-state index is -0.106. The first-order valence-corrected chi connectivity index (χ1v) is 6.84. The molecule has 0 bridgehead atoms. The zero-order valence-electron chi connectivity index (χ0n) is 11.6. The SMILES string of the molecule is CCCCN/C(=C\C(=O)n1ccnc1)c1ccccc1. The smallest absolute Gasteiger partial charge is 0.257 e. The van der Waals surface area contributed by atoms with Crippen molar-refractivity contribution in [2.45, 2.75) is 19.8 Å². The third-order valence-electron chi connectivity index (χ3n) is 2.96. The molecule has 0 aliphatic carbocycles. The van der Waals surface area contributed by atoms with Crippen molar-refractivity contribution in [3.05, 3.63) is 60.7 Å². The van der Waals surface area contributed by atoms with Crippen molar-refractivity contribution in [2.24, 2.45) is 0 Å². The predicted molar refractivity (Wildman–Crippen MR) is 80.2 cm³/mol. The first-order chi connectivity index (χ1) is 9.81.